The third kappa shape index (κ3) is 3.70. The molecule has 0 bridgehead atoms. The van der Waals surface area contributed by atoms with Crippen LogP contribution in [0.2, 0.25) is 0 Å². The van der Waals surface area contributed by atoms with E-state index in [9.17, 15) is 22.4 Å². The number of hydrogen-bond donors (Lipinski definition) is 2. The lowest BCUT2D eigenvalue weighted by Crippen LogP contribution is -2.36. The van der Waals surface area contributed by atoms with Gasteiger partial charge in [0.1, 0.15) is 11.6 Å². The van der Waals surface area contributed by atoms with Crippen molar-refractivity contribution in [2.24, 2.45) is 0 Å². The molecule has 1 amide bonds. The first-order valence-corrected chi connectivity index (χ1v) is 9.30. The van der Waals surface area contributed by atoms with Gasteiger partial charge in [-0.2, -0.15) is 18.3 Å². The highest BCUT2D eigenvalue weighted by molar-refractivity contribution is 5.93. The number of alkyl halides is 3. The van der Waals surface area contributed by atoms with Gasteiger partial charge >= 0.3 is 6.18 Å². The van der Waals surface area contributed by atoms with Crippen molar-refractivity contribution in [1.29, 1.82) is 0 Å². The molecule has 2 aromatic rings. The maximum atomic E-state index is 13.7. The zero-order valence-electron chi connectivity index (χ0n) is 15.0. The highest BCUT2D eigenvalue weighted by atomic mass is 19.4. The van der Waals surface area contributed by atoms with E-state index >= 15 is 0 Å². The number of rotatable bonds is 3. The maximum absolute atomic E-state index is 13.7. The Morgan fingerprint density at radius 1 is 1.18 bits per heavy atom. The molecule has 2 aliphatic rings. The van der Waals surface area contributed by atoms with Crippen molar-refractivity contribution in [3.05, 3.63) is 47.4 Å². The third-order valence-electron chi connectivity index (χ3n) is 5.39. The van der Waals surface area contributed by atoms with Crippen LogP contribution in [0.5, 0.6) is 0 Å². The second-order valence-electron chi connectivity index (χ2n) is 7.36. The number of aromatic nitrogens is 2. The van der Waals surface area contributed by atoms with Crippen LogP contribution >= 0.6 is 0 Å². The van der Waals surface area contributed by atoms with Crippen molar-refractivity contribution in [2.45, 2.75) is 56.4 Å². The van der Waals surface area contributed by atoms with Crippen molar-refractivity contribution >= 4 is 11.7 Å². The van der Waals surface area contributed by atoms with Gasteiger partial charge in [0.25, 0.3) is 5.91 Å². The van der Waals surface area contributed by atoms with Gasteiger partial charge in [0.15, 0.2) is 11.7 Å². The Balaban J connectivity index is 1.62. The molecule has 1 aliphatic heterocycles. The fourth-order valence-corrected chi connectivity index (χ4v) is 3.93. The number of halogens is 4. The van der Waals surface area contributed by atoms with Gasteiger partial charge < -0.3 is 10.6 Å². The smallest absolute Gasteiger partial charge is 0.363 e. The second kappa shape index (κ2) is 7.10. The summed E-state index contributed by atoms with van der Waals surface area (Å²) in [5, 5.41) is 9.79. The average Bonchev–Trinajstić information content (AvgIpc) is 3.29. The summed E-state index contributed by atoms with van der Waals surface area (Å²) in [7, 11) is 0. The molecule has 9 heteroatoms. The monoisotopic (exact) mass is 396 g/mol. The SMILES string of the molecule is O=C(NC1CCCC1)c1cc2n(n1)[C@H](C(F)(F)F)C[C@H](c1ccc(F)cc1)N2. The average molecular weight is 396 g/mol. The highest BCUT2D eigenvalue weighted by Crippen LogP contribution is 2.43. The summed E-state index contributed by atoms with van der Waals surface area (Å²) in [4.78, 5) is 12.4. The summed E-state index contributed by atoms with van der Waals surface area (Å²) in [6, 6.07) is 4.20. The van der Waals surface area contributed by atoms with Crippen LogP contribution in [-0.2, 0) is 0 Å². The predicted octanol–water partition coefficient (Wildman–Crippen LogP) is 4.35. The number of hydrogen-bond acceptors (Lipinski definition) is 3. The van der Waals surface area contributed by atoms with Gasteiger partial charge in [-0.25, -0.2) is 9.07 Å². The zero-order chi connectivity index (χ0) is 19.9. The molecule has 0 saturated heterocycles. The molecule has 2 heterocycles. The van der Waals surface area contributed by atoms with E-state index in [4.69, 9.17) is 0 Å². The molecule has 0 unspecified atom stereocenters. The quantitative estimate of drug-likeness (QED) is 0.759. The molecule has 1 aliphatic carbocycles. The van der Waals surface area contributed by atoms with Crippen molar-refractivity contribution in [1.82, 2.24) is 15.1 Å². The lowest BCUT2D eigenvalue weighted by molar-refractivity contribution is -0.173. The van der Waals surface area contributed by atoms with Crippen molar-refractivity contribution in [3.8, 4) is 0 Å². The van der Waals surface area contributed by atoms with Crippen LogP contribution in [0.25, 0.3) is 0 Å². The number of anilines is 1. The molecule has 1 aromatic carbocycles. The normalized spacial score (nSPS) is 22.6. The molecule has 150 valence electrons. The fourth-order valence-electron chi connectivity index (χ4n) is 3.93. The first kappa shape index (κ1) is 18.8. The minimum Gasteiger partial charge on any atom is -0.363 e. The Labute approximate surface area is 159 Å². The summed E-state index contributed by atoms with van der Waals surface area (Å²) < 4.78 is 55.0. The molecule has 0 spiro atoms. The Morgan fingerprint density at radius 2 is 1.86 bits per heavy atom. The Bertz CT molecular complexity index is 856. The van der Waals surface area contributed by atoms with Crippen LogP contribution < -0.4 is 10.6 Å². The maximum Gasteiger partial charge on any atom is 0.410 e. The molecule has 0 radical (unpaired) electrons. The summed E-state index contributed by atoms with van der Waals surface area (Å²) in [6.07, 6.45) is -1.03. The number of carbonyl (C=O) groups excluding carboxylic acids is 1. The van der Waals surface area contributed by atoms with Gasteiger partial charge in [-0.05, 0) is 30.5 Å². The topological polar surface area (TPSA) is 59.0 Å². The second-order valence-corrected chi connectivity index (χ2v) is 7.36. The van der Waals surface area contributed by atoms with E-state index < -0.39 is 30.0 Å². The number of benzene rings is 1. The van der Waals surface area contributed by atoms with Crippen LogP contribution in [-0.4, -0.2) is 27.9 Å². The van der Waals surface area contributed by atoms with E-state index in [1.807, 2.05) is 0 Å². The molecule has 1 fully saturated rings. The molecule has 2 atom stereocenters. The lowest BCUT2D eigenvalue weighted by Gasteiger charge is -2.33. The van der Waals surface area contributed by atoms with Crippen LogP contribution in [0.15, 0.2) is 30.3 Å². The minimum absolute atomic E-state index is 0.0385. The van der Waals surface area contributed by atoms with Crippen molar-refractivity contribution in [2.75, 3.05) is 5.32 Å². The summed E-state index contributed by atoms with van der Waals surface area (Å²) in [5.41, 5.74) is 0.503. The predicted molar refractivity (Wildman–Crippen MR) is 94.4 cm³/mol. The number of nitrogens with zero attached hydrogens (tertiary/aromatic N) is 2. The number of carbonyl (C=O) groups is 1. The third-order valence-corrected chi connectivity index (χ3v) is 5.39. The molecule has 4 rings (SSSR count). The first-order valence-electron chi connectivity index (χ1n) is 9.30. The highest BCUT2D eigenvalue weighted by Gasteiger charge is 2.46. The Kier molecular flexibility index (Phi) is 4.76. The number of amides is 1. The molecule has 1 saturated carbocycles. The van der Waals surface area contributed by atoms with E-state index in [1.165, 1.54) is 30.3 Å². The van der Waals surface area contributed by atoms with Crippen LogP contribution in [0, 0.1) is 5.82 Å². The molecule has 1 aromatic heterocycles. The van der Waals surface area contributed by atoms with Crippen LogP contribution in [0.4, 0.5) is 23.4 Å². The minimum atomic E-state index is -4.53. The summed E-state index contributed by atoms with van der Waals surface area (Å²) in [5.74, 6) is -0.794. The number of fused-ring (bicyclic) bond motifs is 1. The standard InChI is InChI=1S/C19H20F4N4O/c20-12-7-5-11(6-8-12)14-9-16(19(21,22)23)27-17(25-14)10-15(26-27)18(28)24-13-3-1-2-4-13/h5-8,10,13-14,16,25H,1-4,9H2,(H,24,28)/t14-,16+/m1/s1. The lowest BCUT2D eigenvalue weighted by atomic mass is 9.97. The van der Waals surface area contributed by atoms with Crippen molar-refractivity contribution in [3.63, 3.8) is 0 Å². The van der Waals surface area contributed by atoms with Gasteiger partial charge in [0, 0.05) is 18.5 Å². The van der Waals surface area contributed by atoms with Gasteiger partial charge in [-0.1, -0.05) is 25.0 Å². The molecular weight excluding hydrogens is 376 g/mol. The van der Waals surface area contributed by atoms with Gasteiger partial charge in [0.2, 0.25) is 0 Å². The fraction of sp³-hybridized carbons (Fsp3) is 0.474. The van der Waals surface area contributed by atoms with E-state index in [2.05, 4.69) is 15.7 Å². The number of nitrogens with one attached hydrogen (secondary N) is 2. The molecular formula is C19H20F4N4O. The first-order chi connectivity index (χ1) is 13.3. The largest absolute Gasteiger partial charge is 0.410 e. The van der Waals surface area contributed by atoms with Crippen molar-refractivity contribution < 1.29 is 22.4 Å². The van der Waals surface area contributed by atoms with E-state index in [1.54, 1.807) is 0 Å². The molecule has 2 N–H and O–H groups in total. The summed E-state index contributed by atoms with van der Waals surface area (Å²) in [6.45, 7) is 0. The zero-order valence-corrected chi connectivity index (χ0v) is 15.0. The molecule has 28 heavy (non-hydrogen) atoms. The van der Waals surface area contributed by atoms with Gasteiger partial charge in [-0.3, -0.25) is 4.79 Å². The summed E-state index contributed by atoms with van der Waals surface area (Å²) >= 11 is 0. The Morgan fingerprint density at radius 3 is 2.50 bits per heavy atom. The van der Waals surface area contributed by atoms with Gasteiger partial charge in [-0.15, -0.1) is 0 Å². The van der Waals surface area contributed by atoms with E-state index in [-0.39, 0.29) is 24.0 Å². The van der Waals surface area contributed by atoms with E-state index in [0.717, 1.165) is 30.4 Å². The molecule has 5 nitrogen and oxygen atoms in total. The van der Waals surface area contributed by atoms with Crippen LogP contribution in [0.3, 0.4) is 0 Å². The van der Waals surface area contributed by atoms with Crippen LogP contribution in [0.1, 0.15) is 60.2 Å². The van der Waals surface area contributed by atoms with Gasteiger partial charge in [0.05, 0.1) is 6.04 Å². The van der Waals surface area contributed by atoms with E-state index in [0.29, 0.717) is 5.56 Å². The Hall–Kier alpha value is -2.58.